The van der Waals surface area contributed by atoms with Crippen molar-refractivity contribution in [1.82, 2.24) is 0 Å². The van der Waals surface area contributed by atoms with Gasteiger partial charge in [-0.2, -0.15) is 0 Å². The molecule has 0 aliphatic carbocycles. The molecule has 0 spiro atoms. The summed E-state index contributed by atoms with van der Waals surface area (Å²) < 4.78 is 0. The van der Waals surface area contributed by atoms with Gasteiger partial charge in [-0.3, -0.25) is 4.79 Å². The monoisotopic (exact) mass is 298 g/mol. The van der Waals surface area contributed by atoms with Crippen molar-refractivity contribution in [2.75, 3.05) is 5.32 Å². The number of hydrogen-bond donors (Lipinski definition) is 2. The van der Waals surface area contributed by atoms with Crippen molar-refractivity contribution < 1.29 is 4.79 Å². The van der Waals surface area contributed by atoms with E-state index < -0.39 is 6.04 Å². The topological polar surface area (TPSA) is 55.1 Å². The summed E-state index contributed by atoms with van der Waals surface area (Å²) in [5.74, 6) is 0.794. The maximum atomic E-state index is 11.6. The van der Waals surface area contributed by atoms with Gasteiger partial charge < -0.3 is 11.1 Å². The Hall–Kier alpha value is -1.78. The molecular formula is C17H18N2OS. The summed E-state index contributed by atoms with van der Waals surface area (Å²) in [4.78, 5) is 12.7. The molecule has 1 amide bonds. The van der Waals surface area contributed by atoms with Gasteiger partial charge in [0, 0.05) is 21.9 Å². The molecule has 1 aliphatic heterocycles. The molecule has 0 saturated carbocycles. The van der Waals surface area contributed by atoms with Crippen LogP contribution in [0, 0.1) is 13.8 Å². The quantitative estimate of drug-likeness (QED) is 0.852. The zero-order valence-electron chi connectivity index (χ0n) is 12.1. The Bertz CT molecular complexity index is 692. The van der Waals surface area contributed by atoms with Gasteiger partial charge in [0.15, 0.2) is 0 Å². The molecule has 21 heavy (non-hydrogen) atoms. The molecule has 2 aromatic carbocycles. The zero-order valence-corrected chi connectivity index (χ0v) is 13.0. The highest BCUT2D eigenvalue weighted by Crippen LogP contribution is 2.34. The first-order valence-electron chi connectivity index (χ1n) is 6.93. The third kappa shape index (κ3) is 2.96. The number of amides is 1. The van der Waals surface area contributed by atoms with E-state index in [9.17, 15) is 4.79 Å². The molecule has 0 fully saturated rings. The van der Waals surface area contributed by atoms with Crippen LogP contribution in [0.15, 0.2) is 41.3 Å². The molecule has 4 heteroatoms. The van der Waals surface area contributed by atoms with Crippen LogP contribution in [0.25, 0.3) is 0 Å². The Morgan fingerprint density at radius 2 is 1.86 bits per heavy atom. The van der Waals surface area contributed by atoms with E-state index in [0.717, 1.165) is 21.9 Å². The number of nitrogens with one attached hydrogen (secondary N) is 1. The van der Waals surface area contributed by atoms with Gasteiger partial charge in [0.1, 0.15) is 6.04 Å². The maximum Gasteiger partial charge on any atom is 0.245 e. The first-order valence-corrected chi connectivity index (χ1v) is 7.92. The lowest BCUT2D eigenvalue weighted by Crippen LogP contribution is -2.19. The van der Waals surface area contributed by atoms with Crippen LogP contribution in [-0.2, 0) is 10.5 Å². The van der Waals surface area contributed by atoms with E-state index >= 15 is 0 Å². The second-order valence-corrected chi connectivity index (χ2v) is 6.55. The summed E-state index contributed by atoms with van der Waals surface area (Å²) in [7, 11) is 0. The molecular weight excluding hydrogens is 280 g/mol. The normalized spacial score (nSPS) is 16.7. The third-order valence-electron chi connectivity index (χ3n) is 3.59. The lowest BCUT2D eigenvalue weighted by atomic mass is 10.1. The molecule has 0 saturated heterocycles. The first-order chi connectivity index (χ1) is 10.0. The number of thioether (sulfide) groups is 1. The minimum absolute atomic E-state index is 0.124. The highest BCUT2D eigenvalue weighted by molar-refractivity contribution is 7.98. The Morgan fingerprint density at radius 3 is 2.57 bits per heavy atom. The van der Waals surface area contributed by atoms with Gasteiger partial charge >= 0.3 is 0 Å². The summed E-state index contributed by atoms with van der Waals surface area (Å²) in [5, 5.41) is 2.83. The molecule has 2 aromatic rings. The zero-order chi connectivity index (χ0) is 15.0. The van der Waals surface area contributed by atoms with Crippen LogP contribution in [0.5, 0.6) is 0 Å². The molecule has 0 aromatic heterocycles. The number of carbonyl (C=O) groups excluding carboxylic acids is 1. The Kier molecular flexibility index (Phi) is 3.74. The molecule has 1 atom stereocenters. The Balaban J connectivity index is 1.75. The second kappa shape index (κ2) is 5.54. The minimum Gasteiger partial charge on any atom is -0.324 e. The van der Waals surface area contributed by atoms with Crippen LogP contribution in [-0.4, -0.2) is 5.91 Å². The van der Waals surface area contributed by atoms with Gasteiger partial charge in [-0.15, -0.1) is 11.8 Å². The number of anilines is 1. The fourth-order valence-corrected chi connectivity index (χ4v) is 3.54. The van der Waals surface area contributed by atoms with Crippen molar-refractivity contribution >= 4 is 23.4 Å². The average Bonchev–Trinajstić information content (AvgIpc) is 2.70. The van der Waals surface area contributed by atoms with E-state index in [1.165, 1.54) is 16.7 Å². The SMILES string of the molecule is Cc1cc(C)cc(CSc2ccc3c(c2)NC(=O)C3N)c1. The summed E-state index contributed by atoms with van der Waals surface area (Å²) in [6, 6.07) is 12.1. The largest absolute Gasteiger partial charge is 0.324 e. The van der Waals surface area contributed by atoms with Gasteiger partial charge in [0.25, 0.3) is 0 Å². The number of benzene rings is 2. The summed E-state index contributed by atoms with van der Waals surface area (Å²) >= 11 is 1.77. The third-order valence-corrected chi connectivity index (χ3v) is 4.65. The van der Waals surface area contributed by atoms with Crippen molar-refractivity contribution in [2.24, 2.45) is 5.73 Å². The van der Waals surface area contributed by atoms with Gasteiger partial charge in [0.2, 0.25) is 5.91 Å². The van der Waals surface area contributed by atoms with Crippen LogP contribution < -0.4 is 11.1 Å². The van der Waals surface area contributed by atoms with Crippen LogP contribution in [0.2, 0.25) is 0 Å². The highest BCUT2D eigenvalue weighted by Gasteiger charge is 2.26. The molecule has 0 radical (unpaired) electrons. The first kappa shape index (κ1) is 14.2. The predicted molar refractivity (Wildman–Crippen MR) is 87.5 cm³/mol. The van der Waals surface area contributed by atoms with Crippen LogP contribution in [0.4, 0.5) is 5.69 Å². The molecule has 3 rings (SSSR count). The van der Waals surface area contributed by atoms with Crippen LogP contribution in [0.3, 0.4) is 0 Å². The van der Waals surface area contributed by atoms with Crippen molar-refractivity contribution in [3.05, 3.63) is 58.7 Å². The number of carbonyl (C=O) groups is 1. The van der Waals surface area contributed by atoms with E-state index in [4.69, 9.17) is 5.73 Å². The van der Waals surface area contributed by atoms with Crippen molar-refractivity contribution in [2.45, 2.75) is 30.5 Å². The lowest BCUT2D eigenvalue weighted by molar-refractivity contribution is -0.116. The van der Waals surface area contributed by atoms with E-state index in [2.05, 4.69) is 37.4 Å². The maximum absolute atomic E-state index is 11.6. The molecule has 3 nitrogen and oxygen atoms in total. The summed E-state index contributed by atoms with van der Waals surface area (Å²) in [6.07, 6.45) is 0. The minimum atomic E-state index is -0.529. The smallest absolute Gasteiger partial charge is 0.245 e. The van der Waals surface area contributed by atoms with E-state index in [1.54, 1.807) is 11.8 Å². The van der Waals surface area contributed by atoms with E-state index in [1.807, 2.05) is 18.2 Å². The second-order valence-electron chi connectivity index (χ2n) is 5.50. The van der Waals surface area contributed by atoms with E-state index in [-0.39, 0.29) is 5.91 Å². The standard InChI is InChI=1S/C17H18N2OS/c1-10-5-11(2)7-12(6-10)9-21-13-3-4-14-15(8-13)19-17(20)16(14)18/h3-8,16H,9,18H2,1-2H3,(H,19,20). The number of fused-ring (bicyclic) bond motifs is 1. The van der Waals surface area contributed by atoms with Crippen LogP contribution in [0.1, 0.15) is 28.3 Å². The molecule has 1 unspecified atom stereocenters. The number of hydrogen-bond acceptors (Lipinski definition) is 3. The number of rotatable bonds is 3. The van der Waals surface area contributed by atoms with Gasteiger partial charge in [-0.05, 0) is 31.5 Å². The van der Waals surface area contributed by atoms with Gasteiger partial charge in [-0.1, -0.05) is 35.4 Å². The van der Waals surface area contributed by atoms with Gasteiger partial charge in [-0.25, -0.2) is 0 Å². The molecule has 108 valence electrons. The van der Waals surface area contributed by atoms with E-state index in [0.29, 0.717) is 0 Å². The fraction of sp³-hybridized carbons (Fsp3) is 0.235. The Morgan fingerprint density at radius 1 is 1.14 bits per heavy atom. The molecule has 1 heterocycles. The lowest BCUT2D eigenvalue weighted by Gasteiger charge is -2.07. The predicted octanol–water partition coefficient (Wildman–Crippen LogP) is 3.55. The number of nitrogens with two attached hydrogens (primary N) is 1. The highest BCUT2D eigenvalue weighted by atomic mass is 32.2. The van der Waals surface area contributed by atoms with Crippen molar-refractivity contribution in [3.8, 4) is 0 Å². The number of aryl methyl sites for hydroxylation is 2. The summed E-state index contributed by atoms with van der Waals surface area (Å²) in [5.41, 5.74) is 11.4. The summed E-state index contributed by atoms with van der Waals surface area (Å²) in [6.45, 7) is 4.24. The molecule has 1 aliphatic rings. The van der Waals surface area contributed by atoms with Gasteiger partial charge in [0.05, 0.1) is 0 Å². The Labute approximate surface area is 128 Å². The van der Waals surface area contributed by atoms with Crippen LogP contribution >= 0.6 is 11.8 Å². The molecule has 0 bridgehead atoms. The fourth-order valence-electron chi connectivity index (χ4n) is 2.68. The van der Waals surface area contributed by atoms with Crippen molar-refractivity contribution in [1.29, 1.82) is 0 Å². The molecule has 3 N–H and O–H groups in total. The van der Waals surface area contributed by atoms with Crippen molar-refractivity contribution in [3.63, 3.8) is 0 Å². The average molecular weight is 298 g/mol.